The SMILES string of the molecule is COc1ccc(-c2cc(-c3[c-]cc(C(C)(C)C)cc3)nc(-c3[c-]c(Oc4ccccc4)cc(Oc4ccccc4)c3)c2)cc1.[Cl][Au]. The number of rotatable bonds is 8. The third kappa shape index (κ3) is 8.48. The van der Waals surface area contributed by atoms with E-state index in [0.717, 1.165) is 45.1 Å². The van der Waals surface area contributed by atoms with Crippen LogP contribution in [0.25, 0.3) is 33.6 Å². The number of hydrogen-bond donors (Lipinski definition) is 0. The molecule has 0 aliphatic carbocycles. The average Bonchev–Trinajstić information content (AvgIpc) is 3.09. The second-order valence-corrected chi connectivity index (χ2v) is 11.5. The summed E-state index contributed by atoms with van der Waals surface area (Å²) in [5.74, 6) is 3.38. The van der Waals surface area contributed by atoms with Crippen molar-refractivity contribution in [1.82, 2.24) is 4.98 Å². The van der Waals surface area contributed by atoms with Crippen molar-refractivity contribution < 1.29 is 34.2 Å². The molecule has 0 saturated heterocycles. The van der Waals surface area contributed by atoms with Crippen molar-refractivity contribution in [2.75, 3.05) is 7.11 Å². The molecule has 0 saturated carbocycles. The number of nitrogens with zero attached hydrogens (tertiary/aromatic N) is 1. The topological polar surface area (TPSA) is 40.6 Å². The van der Waals surface area contributed by atoms with Gasteiger partial charge >= 0.3 is 29.2 Å². The van der Waals surface area contributed by atoms with Gasteiger partial charge in [0.2, 0.25) is 0 Å². The number of pyridine rings is 1. The van der Waals surface area contributed by atoms with Gasteiger partial charge in [0.15, 0.2) is 0 Å². The summed E-state index contributed by atoms with van der Waals surface area (Å²) in [6.07, 6.45) is 0. The summed E-state index contributed by atoms with van der Waals surface area (Å²) in [5.41, 5.74) is 6.49. The Labute approximate surface area is 287 Å². The fourth-order valence-corrected chi connectivity index (χ4v) is 4.82. The molecule has 1 heterocycles. The van der Waals surface area contributed by atoms with E-state index in [4.69, 9.17) is 19.2 Å². The molecule has 0 fully saturated rings. The number of para-hydroxylation sites is 2. The van der Waals surface area contributed by atoms with Gasteiger partial charge in [-0.1, -0.05) is 93.6 Å². The van der Waals surface area contributed by atoms with Crippen LogP contribution in [0.4, 0.5) is 0 Å². The zero-order valence-electron chi connectivity index (χ0n) is 26.0. The molecule has 0 amide bonds. The quantitative estimate of drug-likeness (QED) is 0.113. The second kappa shape index (κ2) is 15.3. The zero-order chi connectivity index (χ0) is 32.5. The van der Waals surface area contributed by atoms with Gasteiger partial charge < -0.3 is 19.2 Å². The van der Waals surface area contributed by atoms with E-state index in [-0.39, 0.29) is 5.41 Å². The van der Waals surface area contributed by atoms with Crippen molar-refractivity contribution in [1.29, 1.82) is 0 Å². The van der Waals surface area contributed by atoms with Crippen LogP contribution in [0.2, 0.25) is 0 Å². The van der Waals surface area contributed by atoms with Gasteiger partial charge in [0.1, 0.15) is 17.2 Å². The number of ether oxygens (including phenoxy) is 3. The Morgan fingerprint density at radius 1 is 0.609 bits per heavy atom. The molecular formula is C40H33AuClNO3-2. The molecule has 46 heavy (non-hydrogen) atoms. The Morgan fingerprint density at radius 3 is 1.78 bits per heavy atom. The maximum atomic E-state index is 6.27. The van der Waals surface area contributed by atoms with E-state index in [1.165, 1.54) is 5.56 Å². The Bertz CT molecular complexity index is 1800. The molecule has 6 heteroatoms. The van der Waals surface area contributed by atoms with E-state index in [2.05, 4.69) is 84.6 Å². The molecule has 6 rings (SSSR count). The third-order valence-corrected chi connectivity index (χ3v) is 7.25. The van der Waals surface area contributed by atoms with Crippen LogP contribution in [0, 0.1) is 12.1 Å². The molecule has 0 bridgehead atoms. The Kier molecular flexibility index (Phi) is 11.0. The van der Waals surface area contributed by atoms with Crippen molar-refractivity contribution in [3.8, 4) is 62.4 Å². The first-order chi connectivity index (χ1) is 22.3. The molecule has 6 aromatic rings. The van der Waals surface area contributed by atoms with E-state index in [0.29, 0.717) is 17.2 Å². The van der Waals surface area contributed by atoms with E-state index < -0.39 is 0 Å². The Hall–Kier alpha value is -4.32. The minimum absolute atomic E-state index is 0.0296. The molecule has 5 aromatic carbocycles. The van der Waals surface area contributed by atoms with Crippen LogP contribution in [0.5, 0.6) is 28.7 Å². The first kappa shape index (κ1) is 33.1. The molecule has 0 aliphatic rings. The summed E-state index contributed by atoms with van der Waals surface area (Å²) in [4.78, 5) is 5.12. The van der Waals surface area contributed by atoms with Gasteiger partial charge in [0.25, 0.3) is 0 Å². The van der Waals surface area contributed by atoms with Crippen LogP contribution in [-0.4, -0.2) is 12.1 Å². The average molecular weight is 808 g/mol. The monoisotopic (exact) mass is 807 g/mol. The van der Waals surface area contributed by atoms with E-state index in [9.17, 15) is 0 Å². The van der Waals surface area contributed by atoms with E-state index in [1.807, 2.05) is 84.9 Å². The normalized spacial score (nSPS) is 10.8. The number of halogens is 1. The number of hydrogen-bond acceptors (Lipinski definition) is 4. The molecule has 1 aromatic heterocycles. The third-order valence-electron chi connectivity index (χ3n) is 7.25. The van der Waals surface area contributed by atoms with Crippen molar-refractivity contribution in [2.24, 2.45) is 0 Å². The van der Waals surface area contributed by atoms with Crippen LogP contribution in [0.1, 0.15) is 26.3 Å². The first-order valence-electron chi connectivity index (χ1n) is 14.7. The van der Waals surface area contributed by atoms with Crippen LogP contribution >= 0.6 is 9.19 Å². The first-order valence-corrected chi connectivity index (χ1v) is 17.4. The summed E-state index contributed by atoms with van der Waals surface area (Å²) in [6.45, 7) is 6.60. The molecule has 0 spiro atoms. The standard InChI is InChI=1S/C40H33NO3.Au.ClH/c1-40(2,3)32-19-15-29(16-20-32)38-25-30(28-17-21-33(42-4)22-18-28)26-39(41-38)31-23-36(43-34-11-7-5-8-12-34)27-37(24-31)44-35-13-9-6-10-14-35;;/h5-15,17-23,25-27H,1-4H3;;1H/q-2;+1;/p-1. The van der Waals surface area contributed by atoms with Gasteiger partial charge in [-0.3, -0.25) is 0 Å². The summed E-state index contributed by atoms with van der Waals surface area (Å²) < 4.78 is 17.9. The fourth-order valence-electron chi connectivity index (χ4n) is 4.82. The molecule has 0 atom stereocenters. The number of aromatic nitrogens is 1. The van der Waals surface area contributed by atoms with Crippen molar-refractivity contribution >= 4 is 9.19 Å². The summed E-state index contributed by atoms with van der Waals surface area (Å²) in [7, 11) is 6.25. The second-order valence-electron chi connectivity index (χ2n) is 11.5. The van der Waals surface area contributed by atoms with Crippen LogP contribution in [-0.2, 0) is 25.4 Å². The predicted octanol–water partition coefficient (Wildman–Crippen LogP) is 11.3. The molecule has 236 valence electrons. The van der Waals surface area contributed by atoms with Gasteiger partial charge in [0, 0.05) is 5.75 Å². The Balaban J connectivity index is 0.00000204. The van der Waals surface area contributed by atoms with Gasteiger partial charge in [-0.15, -0.1) is 47.0 Å². The van der Waals surface area contributed by atoms with Gasteiger partial charge in [0.05, 0.1) is 12.9 Å². The maximum absolute atomic E-state index is 6.27. The van der Waals surface area contributed by atoms with Crippen LogP contribution in [0.15, 0.2) is 127 Å². The van der Waals surface area contributed by atoms with Gasteiger partial charge in [-0.05, 0) is 64.3 Å². The Morgan fingerprint density at radius 2 is 1.22 bits per heavy atom. The van der Waals surface area contributed by atoms with Gasteiger partial charge in [-0.25, -0.2) is 0 Å². The number of methoxy groups -OCH3 is 1. The van der Waals surface area contributed by atoms with Crippen LogP contribution < -0.4 is 14.2 Å². The number of benzene rings is 5. The molecule has 0 N–H and O–H groups in total. The summed E-state index contributed by atoms with van der Waals surface area (Å²) in [6, 6.07) is 48.6. The van der Waals surface area contributed by atoms with Crippen LogP contribution in [0.3, 0.4) is 0 Å². The molecule has 0 aliphatic heterocycles. The van der Waals surface area contributed by atoms with E-state index >= 15 is 0 Å². The molecule has 0 unspecified atom stereocenters. The zero-order valence-corrected chi connectivity index (χ0v) is 28.9. The predicted molar refractivity (Wildman–Crippen MR) is 182 cm³/mol. The minimum atomic E-state index is 0.0296. The van der Waals surface area contributed by atoms with Crippen molar-refractivity contribution in [3.05, 3.63) is 145 Å². The summed E-state index contributed by atoms with van der Waals surface area (Å²) >= 11 is 1.75. The fraction of sp³-hybridized carbons (Fsp3) is 0.125. The van der Waals surface area contributed by atoms with E-state index in [1.54, 1.807) is 27.1 Å². The van der Waals surface area contributed by atoms with Crippen molar-refractivity contribution in [2.45, 2.75) is 26.2 Å². The summed E-state index contributed by atoms with van der Waals surface area (Å²) in [5, 5.41) is 0. The van der Waals surface area contributed by atoms with Crippen molar-refractivity contribution in [3.63, 3.8) is 0 Å². The molecular weight excluding hydrogens is 775 g/mol. The molecule has 4 nitrogen and oxygen atoms in total. The molecule has 0 radical (unpaired) electrons. The van der Waals surface area contributed by atoms with Gasteiger partial charge in [-0.2, -0.15) is 0 Å².